The Labute approximate surface area is 107 Å². The predicted molar refractivity (Wildman–Crippen MR) is 64.8 cm³/mol. The first kappa shape index (κ1) is 17.2. The van der Waals surface area contributed by atoms with Crippen molar-refractivity contribution in [2.24, 2.45) is 0 Å². The summed E-state index contributed by atoms with van der Waals surface area (Å²) in [5.74, 6) is -0.284. The highest BCUT2D eigenvalue weighted by atomic mass is 32.2. The van der Waals surface area contributed by atoms with E-state index in [1.807, 2.05) is 0 Å². The van der Waals surface area contributed by atoms with Gasteiger partial charge >= 0.3 is 0 Å². The van der Waals surface area contributed by atoms with E-state index < -0.39 is 10.1 Å². The van der Waals surface area contributed by atoms with Crippen LogP contribution in [0.1, 0.15) is 6.42 Å². The van der Waals surface area contributed by atoms with Crippen molar-refractivity contribution in [1.82, 2.24) is 0 Å². The van der Waals surface area contributed by atoms with E-state index in [-0.39, 0.29) is 18.8 Å². The van der Waals surface area contributed by atoms with Gasteiger partial charge in [-0.2, -0.15) is 8.42 Å². The molecule has 8 heteroatoms. The fourth-order valence-corrected chi connectivity index (χ4v) is 1.42. The molecule has 0 heterocycles. The Balaban J connectivity index is 3.10. The van der Waals surface area contributed by atoms with Crippen molar-refractivity contribution in [2.45, 2.75) is 6.42 Å². The molecule has 0 aromatic carbocycles. The summed E-state index contributed by atoms with van der Waals surface area (Å²) < 4.78 is 49.0. The average Bonchev–Trinajstić information content (AvgIpc) is 2.29. The van der Waals surface area contributed by atoms with Gasteiger partial charge in [-0.3, -0.25) is 4.55 Å². The van der Waals surface area contributed by atoms with Crippen LogP contribution in [0.2, 0.25) is 0 Å². The Hall–Kier alpha value is -0.830. The number of hydrogen-bond donors (Lipinski definition) is 1. The lowest BCUT2D eigenvalue weighted by molar-refractivity contribution is 0.0302. The molecule has 0 amide bonds. The maximum Gasteiger partial charge on any atom is 0.264 e. The molecule has 0 saturated carbocycles. The summed E-state index contributed by atoms with van der Waals surface area (Å²) in [6.45, 7) is 1.91. The highest BCUT2D eigenvalue weighted by Crippen LogP contribution is 1.90. The van der Waals surface area contributed by atoms with E-state index in [4.69, 9.17) is 18.8 Å². The van der Waals surface area contributed by atoms with E-state index in [0.29, 0.717) is 26.4 Å². The van der Waals surface area contributed by atoms with Gasteiger partial charge in [0.15, 0.2) is 0 Å². The third kappa shape index (κ3) is 15.2. The zero-order chi connectivity index (χ0) is 13.7. The van der Waals surface area contributed by atoms with Crippen molar-refractivity contribution in [3.8, 4) is 0 Å². The molecule has 0 aliphatic carbocycles. The fraction of sp³-hybridized carbons (Fsp3) is 0.800. The minimum absolute atomic E-state index is 0.268. The lowest BCUT2D eigenvalue weighted by atomic mass is 10.5. The van der Waals surface area contributed by atoms with E-state index in [0.717, 1.165) is 0 Å². The Morgan fingerprint density at radius 2 is 1.61 bits per heavy atom. The normalized spacial score (nSPS) is 11.9. The van der Waals surface area contributed by atoms with Crippen molar-refractivity contribution in [2.75, 3.05) is 45.9 Å². The highest BCUT2D eigenvalue weighted by molar-refractivity contribution is 7.85. The number of rotatable bonds is 12. The molecule has 1 N–H and O–H groups in total. The monoisotopic (exact) mass is 284 g/mol. The maximum atomic E-state index is 10.4. The van der Waals surface area contributed by atoms with Gasteiger partial charge in [-0.1, -0.05) is 0 Å². The first-order valence-corrected chi connectivity index (χ1v) is 7.07. The van der Waals surface area contributed by atoms with Gasteiger partial charge in [0.1, 0.15) is 19.1 Å². The summed E-state index contributed by atoms with van der Waals surface area (Å²) in [4.78, 5) is 0. The smallest absolute Gasteiger partial charge is 0.264 e. The van der Waals surface area contributed by atoms with Crippen molar-refractivity contribution in [3.63, 3.8) is 0 Å². The molecule has 0 atom stereocenters. The minimum Gasteiger partial charge on any atom is -0.501 e. The van der Waals surface area contributed by atoms with E-state index in [1.165, 1.54) is 19.6 Å². The van der Waals surface area contributed by atoms with E-state index in [1.54, 1.807) is 0 Å². The molecule has 0 rings (SSSR count). The Kier molecular flexibility index (Phi) is 10.8. The molecular formula is C10H20O7S. The molecule has 0 fully saturated rings. The number of methoxy groups -OCH3 is 1. The second-order valence-electron chi connectivity index (χ2n) is 3.24. The molecular weight excluding hydrogens is 264 g/mol. The number of hydrogen-bond acceptors (Lipinski definition) is 6. The van der Waals surface area contributed by atoms with Crippen LogP contribution < -0.4 is 0 Å². The van der Waals surface area contributed by atoms with E-state index in [2.05, 4.69) is 4.74 Å². The van der Waals surface area contributed by atoms with Crippen LogP contribution >= 0.6 is 0 Å². The molecule has 0 aromatic rings. The van der Waals surface area contributed by atoms with Crippen molar-refractivity contribution >= 4 is 10.1 Å². The first-order valence-electron chi connectivity index (χ1n) is 5.46. The minimum atomic E-state index is -3.88. The van der Waals surface area contributed by atoms with E-state index in [9.17, 15) is 8.42 Å². The second-order valence-corrected chi connectivity index (χ2v) is 4.82. The third-order valence-corrected chi connectivity index (χ3v) is 2.50. The van der Waals surface area contributed by atoms with Crippen LogP contribution in [0.15, 0.2) is 12.5 Å². The number of ether oxygens (including phenoxy) is 4. The van der Waals surface area contributed by atoms with Crippen molar-refractivity contribution in [1.29, 1.82) is 0 Å². The Bertz CT molecular complexity index is 299. The van der Waals surface area contributed by atoms with Crippen LogP contribution in [-0.2, 0) is 29.1 Å². The van der Waals surface area contributed by atoms with Gasteiger partial charge in [-0.15, -0.1) is 0 Å². The van der Waals surface area contributed by atoms with Gasteiger partial charge in [0.2, 0.25) is 0 Å². The quantitative estimate of drug-likeness (QED) is 0.316. The molecule has 18 heavy (non-hydrogen) atoms. The molecule has 0 saturated heterocycles. The molecule has 0 aromatic heterocycles. The molecule has 0 radical (unpaired) electrons. The first-order chi connectivity index (χ1) is 8.56. The van der Waals surface area contributed by atoms with Crippen molar-refractivity contribution < 1.29 is 31.9 Å². The largest absolute Gasteiger partial charge is 0.501 e. The maximum absolute atomic E-state index is 10.4. The summed E-state index contributed by atoms with van der Waals surface area (Å²) in [7, 11) is -2.36. The molecule has 0 aliphatic heterocycles. The topological polar surface area (TPSA) is 91.3 Å². The van der Waals surface area contributed by atoms with Gasteiger partial charge in [0.25, 0.3) is 10.1 Å². The van der Waals surface area contributed by atoms with Gasteiger partial charge in [-0.25, -0.2) is 0 Å². The molecule has 0 bridgehead atoms. The van der Waals surface area contributed by atoms with Crippen LogP contribution in [0.5, 0.6) is 0 Å². The highest BCUT2D eigenvalue weighted by Gasteiger charge is 2.02. The lowest BCUT2D eigenvalue weighted by Crippen LogP contribution is -2.11. The zero-order valence-electron chi connectivity index (χ0n) is 10.4. The molecule has 108 valence electrons. The Morgan fingerprint density at radius 1 is 1.00 bits per heavy atom. The van der Waals surface area contributed by atoms with Gasteiger partial charge < -0.3 is 18.9 Å². The van der Waals surface area contributed by atoms with Crippen LogP contribution in [0.4, 0.5) is 0 Å². The van der Waals surface area contributed by atoms with Crippen LogP contribution in [0.3, 0.4) is 0 Å². The van der Waals surface area contributed by atoms with Gasteiger partial charge in [-0.05, 0) is 6.42 Å². The molecule has 0 aliphatic rings. The van der Waals surface area contributed by atoms with Crippen LogP contribution in [0, 0.1) is 0 Å². The zero-order valence-corrected chi connectivity index (χ0v) is 11.2. The molecule has 0 unspecified atom stereocenters. The summed E-state index contributed by atoms with van der Waals surface area (Å²) in [5, 5.41) is 0. The summed E-state index contributed by atoms with van der Waals surface area (Å²) in [6.07, 6.45) is 3.11. The van der Waals surface area contributed by atoms with Gasteiger partial charge in [0, 0.05) is 6.61 Å². The van der Waals surface area contributed by atoms with Crippen LogP contribution in [0.25, 0.3) is 0 Å². The van der Waals surface area contributed by atoms with E-state index >= 15 is 0 Å². The molecule has 0 spiro atoms. The van der Waals surface area contributed by atoms with Crippen molar-refractivity contribution in [3.05, 3.63) is 12.5 Å². The van der Waals surface area contributed by atoms with Gasteiger partial charge in [0.05, 0.1) is 32.7 Å². The molecule has 7 nitrogen and oxygen atoms in total. The summed E-state index contributed by atoms with van der Waals surface area (Å²) in [6, 6.07) is 0. The fourth-order valence-electron chi connectivity index (χ4n) is 0.935. The predicted octanol–water partition coefficient (Wildman–Crippen LogP) is 0.432. The third-order valence-electron chi connectivity index (χ3n) is 1.70. The second kappa shape index (κ2) is 11.3. The Morgan fingerprint density at radius 3 is 2.22 bits per heavy atom. The summed E-state index contributed by atoms with van der Waals surface area (Å²) in [5.41, 5.74) is 0. The average molecular weight is 284 g/mol. The standard InChI is InChI=1S/C10H20O7S/c1-14-4-5-16-8-9-17-7-6-15-3-2-10-18(11,12)13/h4-5H,2-3,6-10H2,1H3,(H,11,12,13). The summed E-state index contributed by atoms with van der Waals surface area (Å²) >= 11 is 0. The lowest BCUT2D eigenvalue weighted by Gasteiger charge is -2.05. The SMILES string of the molecule is COC=COCCOCCOCCCS(=O)(=O)O. The van der Waals surface area contributed by atoms with Crippen LogP contribution in [-0.4, -0.2) is 58.9 Å².